The molecule has 0 saturated heterocycles. The first-order chi connectivity index (χ1) is 11.6. The van der Waals surface area contributed by atoms with Crippen molar-refractivity contribution in [2.24, 2.45) is 0 Å². The Hall–Kier alpha value is -2.79. The molecule has 2 aromatic carbocycles. The minimum absolute atomic E-state index is 0.293. The lowest BCUT2D eigenvalue weighted by atomic mass is 10.1. The van der Waals surface area contributed by atoms with Crippen LogP contribution in [0.5, 0.6) is 5.75 Å². The Kier molecular flexibility index (Phi) is 5.98. The molecule has 0 aliphatic rings. The number of hydrogen-bond donors (Lipinski definition) is 2. The van der Waals surface area contributed by atoms with E-state index in [0.29, 0.717) is 34.1 Å². The molecule has 24 heavy (non-hydrogen) atoms. The number of amides is 2. The third kappa shape index (κ3) is 4.14. The molecular weight excluding hydrogens is 328 g/mol. The quantitative estimate of drug-likeness (QED) is 0.788. The van der Waals surface area contributed by atoms with Crippen LogP contribution in [-0.4, -0.2) is 25.5 Å². The topological polar surface area (TPSA) is 67.4 Å². The van der Waals surface area contributed by atoms with Gasteiger partial charge in [-0.25, -0.2) is 0 Å². The maximum absolute atomic E-state index is 12.4. The fraction of sp³-hybridized carbons (Fsp3) is 0.111. The number of para-hydroxylation sites is 1. The summed E-state index contributed by atoms with van der Waals surface area (Å²) in [6.07, 6.45) is 1.58. The number of carbonyl (C=O) groups excluding carboxylic acids is 2. The van der Waals surface area contributed by atoms with Crippen LogP contribution in [0.1, 0.15) is 20.7 Å². The van der Waals surface area contributed by atoms with Gasteiger partial charge < -0.3 is 15.4 Å². The van der Waals surface area contributed by atoms with Crippen molar-refractivity contribution in [3.8, 4) is 5.75 Å². The van der Waals surface area contributed by atoms with Gasteiger partial charge in [0.25, 0.3) is 11.8 Å². The summed E-state index contributed by atoms with van der Waals surface area (Å²) in [5, 5.41) is 5.74. The molecular formula is C18H17ClN2O3. The summed E-state index contributed by atoms with van der Waals surface area (Å²) in [5.74, 6) is -0.181. The molecule has 0 radical (unpaired) electrons. The smallest absolute Gasteiger partial charge is 0.255 e. The number of ether oxygens (including phenoxy) is 1. The van der Waals surface area contributed by atoms with Crippen LogP contribution in [0.2, 0.25) is 5.02 Å². The maximum Gasteiger partial charge on any atom is 0.255 e. The molecule has 2 aromatic rings. The van der Waals surface area contributed by atoms with Crippen LogP contribution < -0.4 is 15.4 Å². The Morgan fingerprint density at radius 2 is 1.96 bits per heavy atom. The second kappa shape index (κ2) is 8.17. The third-order valence-corrected chi connectivity index (χ3v) is 3.54. The van der Waals surface area contributed by atoms with Gasteiger partial charge in [0.1, 0.15) is 5.75 Å². The van der Waals surface area contributed by atoms with E-state index in [2.05, 4.69) is 17.2 Å². The van der Waals surface area contributed by atoms with E-state index in [9.17, 15) is 9.59 Å². The highest BCUT2D eigenvalue weighted by Gasteiger charge is 2.14. The lowest BCUT2D eigenvalue weighted by Crippen LogP contribution is -2.25. The standard InChI is InChI=1S/C18H17ClN2O3/c1-3-10-20-18(23)13-6-4-5-7-15(13)21-17(22)12-8-9-16(24-2)14(19)11-12/h3-9,11H,1,10H2,2H3,(H,20,23)(H,21,22). The number of methoxy groups -OCH3 is 1. The van der Waals surface area contributed by atoms with Crippen LogP contribution in [-0.2, 0) is 0 Å². The van der Waals surface area contributed by atoms with Gasteiger partial charge >= 0.3 is 0 Å². The van der Waals surface area contributed by atoms with Crippen LogP contribution >= 0.6 is 11.6 Å². The van der Waals surface area contributed by atoms with Crippen molar-refractivity contribution >= 4 is 29.1 Å². The van der Waals surface area contributed by atoms with E-state index in [1.165, 1.54) is 13.2 Å². The van der Waals surface area contributed by atoms with Gasteiger partial charge in [0.15, 0.2) is 0 Å². The zero-order valence-corrected chi connectivity index (χ0v) is 13.9. The van der Waals surface area contributed by atoms with Gasteiger partial charge in [0.05, 0.1) is 23.4 Å². The highest BCUT2D eigenvalue weighted by molar-refractivity contribution is 6.32. The summed E-state index contributed by atoms with van der Waals surface area (Å²) < 4.78 is 5.06. The van der Waals surface area contributed by atoms with Crippen molar-refractivity contribution in [3.05, 3.63) is 71.3 Å². The molecule has 0 unspecified atom stereocenters. The van der Waals surface area contributed by atoms with Gasteiger partial charge in [-0.1, -0.05) is 29.8 Å². The van der Waals surface area contributed by atoms with Crippen LogP contribution in [0.4, 0.5) is 5.69 Å². The summed E-state index contributed by atoms with van der Waals surface area (Å²) in [6, 6.07) is 11.5. The normalized spacial score (nSPS) is 9.92. The summed E-state index contributed by atoms with van der Waals surface area (Å²) in [5.41, 5.74) is 1.14. The molecule has 2 N–H and O–H groups in total. The molecule has 0 aliphatic heterocycles. The van der Waals surface area contributed by atoms with Gasteiger partial charge in [0, 0.05) is 12.1 Å². The van der Waals surface area contributed by atoms with E-state index in [-0.39, 0.29) is 11.8 Å². The Morgan fingerprint density at radius 3 is 2.62 bits per heavy atom. The van der Waals surface area contributed by atoms with Crippen LogP contribution in [0, 0.1) is 0 Å². The Morgan fingerprint density at radius 1 is 1.21 bits per heavy atom. The van der Waals surface area contributed by atoms with Crippen LogP contribution in [0.15, 0.2) is 55.1 Å². The molecule has 0 bridgehead atoms. The first-order valence-corrected chi connectivity index (χ1v) is 7.57. The molecule has 0 fully saturated rings. The predicted octanol–water partition coefficient (Wildman–Crippen LogP) is 3.52. The molecule has 124 valence electrons. The number of rotatable bonds is 6. The largest absolute Gasteiger partial charge is 0.495 e. The van der Waals surface area contributed by atoms with Gasteiger partial charge in [-0.05, 0) is 30.3 Å². The Labute approximate surface area is 145 Å². The zero-order valence-electron chi connectivity index (χ0n) is 13.1. The summed E-state index contributed by atoms with van der Waals surface area (Å²) >= 11 is 6.04. The number of nitrogens with one attached hydrogen (secondary N) is 2. The molecule has 0 saturated carbocycles. The van der Waals surface area contributed by atoms with E-state index in [0.717, 1.165) is 0 Å². The lowest BCUT2D eigenvalue weighted by molar-refractivity contribution is 0.0959. The maximum atomic E-state index is 12.4. The van der Waals surface area contributed by atoms with Gasteiger partial charge in [-0.15, -0.1) is 6.58 Å². The van der Waals surface area contributed by atoms with E-state index in [1.807, 2.05) is 0 Å². The first kappa shape index (κ1) is 17.6. The van der Waals surface area contributed by atoms with Crippen molar-refractivity contribution in [3.63, 3.8) is 0 Å². The second-order valence-electron chi connectivity index (χ2n) is 4.85. The van der Waals surface area contributed by atoms with Crippen molar-refractivity contribution in [1.82, 2.24) is 5.32 Å². The van der Waals surface area contributed by atoms with Crippen molar-refractivity contribution in [2.75, 3.05) is 19.0 Å². The van der Waals surface area contributed by atoms with Crippen molar-refractivity contribution in [1.29, 1.82) is 0 Å². The molecule has 5 nitrogen and oxygen atoms in total. The first-order valence-electron chi connectivity index (χ1n) is 7.20. The average molecular weight is 345 g/mol. The number of benzene rings is 2. The minimum atomic E-state index is -0.372. The Bertz CT molecular complexity index is 775. The molecule has 0 atom stereocenters. The predicted molar refractivity (Wildman–Crippen MR) is 94.9 cm³/mol. The Balaban J connectivity index is 2.21. The SMILES string of the molecule is C=CCNC(=O)c1ccccc1NC(=O)c1ccc(OC)c(Cl)c1. The molecule has 0 heterocycles. The summed E-state index contributed by atoms with van der Waals surface area (Å²) in [7, 11) is 1.50. The van der Waals surface area contributed by atoms with Crippen LogP contribution in [0.25, 0.3) is 0 Å². The van der Waals surface area contributed by atoms with Gasteiger partial charge in [-0.3, -0.25) is 9.59 Å². The summed E-state index contributed by atoms with van der Waals surface area (Å²) in [6.45, 7) is 3.89. The summed E-state index contributed by atoms with van der Waals surface area (Å²) in [4.78, 5) is 24.5. The molecule has 2 rings (SSSR count). The van der Waals surface area contributed by atoms with E-state index < -0.39 is 0 Å². The average Bonchev–Trinajstić information content (AvgIpc) is 2.60. The van der Waals surface area contributed by atoms with Crippen LogP contribution in [0.3, 0.4) is 0 Å². The number of halogens is 1. The fourth-order valence-electron chi connectivity index (χ4n) is 2.05. The van der Waals surface area contributed by atoms with Gasteiger partial charge in [-0.2, -0.15) is 0 Å². The zero-order chi connectivity index (χ0) is 17.5. The minimum Gasteiger partial charge on any atom is -0.495 e. The molecule has 2 amide bonds. The lowest BCUT2D eigenvalue weighted by Gasteiger charge is -2.11. The van der Waals surface area contributed by atoms with E-state index >= 15 is 0 Å². The van der Waals surface area contributed by atoms with E-state index in [4.69, 9.17) is 16.3 Å². The van der Waals surface area contributed by atoms with Crippen molar-refractivity contribution < 1.29 is 14.3 Å². The van der Waals surface area contributed by atoms with Crippen molar-refractivity contribution in [2.45, 2.75) is 0 Å². The molecule has 6 heteroatoms. The van der Waals surface area contributed by atoms with E-state index in [1.54, 1.807) is 42.5 Å². The molecule has 0 aromatic heterocycles. The monoisotopic (exact) mass is 344 g/mol. The fourth-order valence-corrected chi connectivity index (χ4v) is 2.31. The molecule has 0 spiro atoms. The van der Waals surface area contributed by atoms with Gasteiger partial charge in [0.2, 0.25) is 0 Å². The number of hydrogen-bond acceptors (Lipinski definition) is 3. The third-order valence-electron chi connectivity index (χ3n) is 3.24. The molecule has 0 aliphatic carbocycles. The number of carbonyl (C=O) groups is 2. The number of anilines is 1. The highest BCUT2D eigenvalue weighted by Crippen LogP contribution is 2.25. The second-order valence-corrected chi connectivity index (χ2v) is 5.25. The highest BCUT2D eigenvalue weighted by atomic mass is 35.5.